The van der Waals surface area contributed by atoms with Crippen LogP contribution in [0.3, 0.4) is 0 Å². The van der Waals surface area contributed by atoms with Crippen molar-refractivity contribution in [1.82, 2.24) is 9.78 Å². The van der Waals surface area contributed by atoms with Gasteiger partial charge < -0.3 is 0 Å². The first-order valence-corrected chi connectivity index (χ1v) is 7.40. The lowest BCUT2D eigenvalue weighted by atomic mass is 9.96. The molecule has 0 amide bonds. The maximum Gasteiger partial charge on any atom is 0.0630 e. The Morgan fingerprint density at radius 3 is 2.76 bits per heavy atom. The van der Waals surface area contributed by atoms with Gasteiger partial charge in [-0.3, -0.25) is 4.68 Å². The molecule has 0 radical (unpaired) electrons. The highest BCUT2D eigenvalue weighted by Gasteiger charge is 2.12. The molecule has 0 saturated heterocycles. The summed E-state index contributed by atoms with van der Waals surface area (Å²) in [5, 5.41) is 5.37. The van der Waals surface area contributed by atoms with Crippen LogP contribution in [0.25, 0.3) is 0 Å². The van der Waals surface area contributed by atoms with Gasteiger partial charge in [-0.2, -0.15) is 5.10 Å². The summed E-state index contributed by atoms with van der Waals surface area (Å²) in [7, 11) is 1.95. The summed E-state index contributed by atoms with van der Waals surface area (Å²) in [6.07, 6.45) is 2.95. The molecule has 1 unspecified atom stereocenters. The van der Waals surface area contributed by atoms with Crippen molar-refractivity contribution in [2.24, 2.45) is 7.05 Å². The first-order valence-electron chi connectivity index (χ1n) is 5.49. The molecule has 0 bridgehead atoms. The van der Waals surface area contributed by atoms with E-state index in [0.717, 1.165) is 21.9 Å². The zero-order chi connectivity index (χ0) is 12.3. The number of aromatic nitrogens is 2. The molecule has 1 atom stereocenters. The lowest BCUT2D eigenvalue weighted by Gasteiger charge is -2.13. The molecule has 0 spiro atoms. The van der Waals surface area contributed by atoms with E-state index < -0.39 is 0 Å². The third kappa shape index (κ3) is 3.42. The fourth-order valence-electron chi connectivity index (χ4n) is 1.85. The Morgan fingerprint density at radius 1 is 1.35 bits per heavy atom. The van der Waals surface area contributed by atoms with Crippen LogP contribution in [0.15, 0.2) is 41.0 Å². The molecule has 0 aliphatic heterocycles. The van der Waals surface area contributed by atoms with E-state index in [4.69, 9.17) is 0 Å². The quantitative estimate of drug-likeness (QED) is 0.758. The van der Waals surface area contributed by atoms with Gasteiger partial charge in [0.15, 0.2) is 0 Å². The van der Waals surface area contributed by atoms with Crippen LogP contribution in [-0.2, 0) is 13.5 Å². The average Bonchev–Trinajstić information content (AvgIpc) is 2.72. The molecule has 2 nitrogen and oxygen atoms in total. The van der Waals surface area contributed by atoms with E-state index in [1.165, 1.54) is 5.56 Å². The molecule has 4 heteroatoms. The lowest BCUT2D eigenvalue weighted by Crippen LogP contribution is -2.05. The van der Waals surface area contributed by atoms with Crippen LogP contribution in [0, 0.1) is 0 Å². The van der Waals surface area contributed by atoms with Crippen molar-refractivity contribution in [3.8, 4) is 0 Å². The standard InChI is InChI=1S/C13H14Br2N2/c1-17-6-5-13(16-17)8-11(9-14)10-3-2-4-12(15)7-10/h2-7,11H,8-9H2,1H3. The number of rotatable bonds is 4. The highest BCUT2D eigenvalue weighted by Crippen LogP contribution is 2.24. The average molecular weight is 358 g/mol. The molecule has 17 heavy (non-hydrogen) atoms. The molecule has 1 aromatic heterocycles. The third-order valence-corrected chi connectivity index (χ3v) is 4.01. The predicted octanol–water partition coefficient (Wildman–Crippen LogP) is 3.90. The molecular weight excluding hydrogens is 344 g/mol. The summed E-state index contributed by atoms with van der Waals surface area (Å²) < 4.78 is 2.98. The Balaban J connectivity index is 2.16. The molecule has 90 valence electrons. The van der Waals surface area contributed by atoms with Crippen LogP contribution < -0.4 is 0 Å². The Morgan fingerprint density at radius 2 is 2.18 bits per heavy atom. The van der Waals surface area contributed by atoms with Gasteiger partial charge in [0.05, 0.1) is 5.69 Å². The summed E-state index contributed by atoms with van der Waals surface area (Å²) in [5.41, 5.74) is 2.47. The minimum Gasteiger partial charge on any atom is -0.276 e. The van der Waals surface area contributed by atoms with Crippen molar-refractivity contribution in [2.75, 3.05) is 5.33 Å². The number of halogens is 2. The van der Waals surface area contributed by atoms with Gasteiger partial charge in [-0.05, 0) is 36.1 Å². The minimum atomic E-state index is 0.461. The Kier molecular flexibility index (Phi) is 4.40. The van der Waals surface area contributed by atoms with Gasteiger partial charge in [-0.15, -0.1) is 0 Å². The van der Waals surface area contributed by atoms with Crippen molar-refractivity contribution >= 4 is 31.9 Å². The Bertz CT molecular complexity index is 494. The SMILES string of the molecule is Cn1ccc(CC(CBr)c2cccc(Br)c2)n1. The fraction of sp³-hybridized carbons (Fsp3) is 0.308. The van der Waals surface area contributed by atoms with E-state index in [0.29, 0.717) is 5.92 Å². The van der Waals surface area contributed by atoms with E-state index in [9.17, 15) is 0 Å². The van der Waals surface area contributed by atoms with Crippen molar-refractivity contribution in [2.45, 2.75) is 12.3 Å². The van der Waals surface area contributed by atoms with Crippen molar-refractivity contribution in [1.29, 1.82) is 0 Å². The number of hydrogen-bond acceptors (Lipinski definition) is 1. The molecule has 2 rings (SSSR count). The van der Waals surface area contributed by atoms with Gasteiger partial charge >= 0.3 is 0 Å². The highest BCUT2D eigenvalue weighted by atomic mass is 79.9. The second-order valence-electron chi connectivity index (χ2n) is 4.09. The van der Waals surface area contributed by atoms with Gasteiger partial charge in [0.25, 0.3) is 0 Å². The van der Waals surface area contributed by atoms with Crippen molar-refractivity contribution in [3.63, 3.8) is 0 Å². The molecule has 2 aromatic rings. The van der Waals surface area contributed by atoms with Crippen LogP contribution in [0.5, 0.6) is 0 Å². The smallest absolute Gasteiger partial charge is 0.0630 e. The number of aryl methyl sites for hydroxylation is 1. The number of hydrogen-bond donors (Lipinski definition) is 0. The summed E-state index contributed by atoms with van der Waals surface area (Å²) in [6.45, 7) is 0. The molecular formula is C13H14Br2N2. The van der Waals surface area contributed by atoms with E-state index in [1.54, 1.807) is 0 Å². The predicted molar refractivity (Wildman–Crippen MR) is 77.6 cm³/mol. The van der Waals surface area contributed by atoms with Gasteiger partial charge in [0, 0.05) is 23.0 Å². The molecule has 0 aliphatic carbocycles. The van der Waals surface area contributed by atoms with Gasteiger partial charge in [-0.25, -0.2) is 0 Å². The number of benzene rings is 1. The first-order chi connectivity index (χ1) is 8.19. The van der Waals surface area contributed by atoms with E-state index in [-0.39, 0.29) is 0 Å². The summed E-state index contributed by atoms with van der Waals surface area (Å²) in [4.78, 5) is 0. The van der Waals surface area contributed by atoms with Crippen LogP contribution in [0.2, 0.25) is 0 Å². The van der Waals surface area contributed by atoms with Crippen LogP contribution in [-0.4, -0.2) is 15.1 Å². The normalized spacial score (nSPS) is 12.6. The summed E-state index contributed by atoms with van der Waals surface area (Å²) in [6, 6.07) is 10.5. The summed E-state index contributed by atoms with van der Waals surface area (Å²) in [5.74, 6) is 0.461. The van der Waals surface area contributed by atoms with Gasteiger partial charge in [0.2, 0.25) is 0 Å². The van der Waals surface area contributed by atoms with Gasteiger partial charge in [0.1, 0.15) is 0 Å². The molecule has 1 aromatic carbocycles. The minimum absolute atomic E-state index is 0.461. The van der Waals surface area contributed by atoms with E-state index in [2.05, 4.69) is 67.3 Å². The van der Waals surface area contributed by atoms with Crippen LogP contribution >= 0.6 is 31.9 Å². The monoisotopic (exact) mass is 356 g/mol. The summed E-state index contributed by atoms with van der Waals surface area (Å²) >= 11 is 7.11. The van der Waals surface area contributed by atoms with Gasteiger partial charge in [-0.1, -0.05) is 44.0 Å². The second-order valence-corrected chi connectivity index (χ2v) is 5.65. The third-order valence-electron chi connectivity index (χ3n) is 2.73. The number of alkyl halides is 1. The maximum absolute atomic E-state index is 4.43. The second kappa shape index (κ2) is 5.83. The van der Waals surface area contributed by atoms with E-state index in [1.807, 2.05) is 17.9 Å². The molecule has 0 fully saturated rings. The zero-order valence-electron chi connectivity index (χ0n) is 9.61. The fourth-order valence-corrected chi connectivity index (χ4v) is 2.87. The van der Waals surface area contributed by atoms with Crippen molar-refractivity contribution in [3.05, 3.63) is 52.3 Å². The molecule has 0 saturated carbocycles. The van der Waals surface area contributed by atoms with Crippen LogP contribution in [0.4, 0.5) is 0 Å². The molecule has 1 heterocycles. The molecule has 0 N–H and O–H groups in total. The van der Waals surface area contributed by atoms with Crippen molar-refractivity contribution < 1.29 is 0 Å². The zero-order valence-corrected chi connectivity index (χ0v) is 12.8. The Labute approximate surface area is 118 Å². The topological polar surface area (TPSA) is 17.8 Å². The van der Waals surface area contributed by atoms with Crippen LogP contribution in [0.1, 0.15) is 17.2 Å². The Hall–Kier alpha value is -0.610. The maximum atomic E-state index is 4.43. The lowest BCUT2D eigenvalue weighted by molar-refractivity contribution is 0.701. The largest absolute Gasteiger partial charge is 0.276 e. The highest BCUT2D eigenvalue weighted by molar-refractivity contribution is 9.10. The first kappa shape index (κ1) is 12.8. The number of nitrogens with zero attached hydrogens (tertiary/aromatic N) is 2. The molecule has 0 aliphatic rings. The van der Waals surface area contributed by atoms with E-state index >= 15 is 0 Å².